The van der Waals surface area contributed by atoms with Gasteiger partial charge in [-0.1, -0.05) is 34.1 Å². The zero-order valence-corrected chi connectivity index (χ0v) is 16.6. The van der Waals surface area contributed by atoms with E-state index >= 15 is 0 Å². The second-order valence-corrected chi connectivity index (χ2v) is 8.70. The van der Waals surface area contributed by atoms with Crippen molar-refractivity contribution in [2.75, 3.05) is 20.2 Å². The van der Waals surface area contributed by atoms with Gasteiger partial charge in [0.05, 0.1) is 11.5 Å². The van der Waals surface area contributed by atoms with E-state index in [1.165, 1.54) is 4.31 Å². The van der Waals surface area contributed by atoms with Crippen LogP contribution in [0.4, 0.5) is 0 Å². The average molecular weight is 463 g/mol. The molecule has 2 aromatic rings. The van der Waals surface area contributed by atoms with Crippen LogP contribution in [0.5, 0.6) is 5.75 Å². The van der Waals surface area contributed by atoms with E-state index in [4.69, 9.17) is 4.74 Å². The van der Waals surface area contributed by atoms with E-state index in [0.717, 1.165) is 10.2 Å². The third-order valence-corrected chi connectivity index (χ3v) is 6.55. The molecule has 2 aromatic carbocycles. The van der Waals surface area contributed by atoms with Crippen LogP contribution >= 0.6 is 31.9 Å². The molecule has 0 N–H and O–H groups in total. The number of para-hydroxylation sites is 1. The summed E-state index contributed by atoms with van der Waals surface area (Å²) in [4.78, 5) is 0.248. The molecule has 0 aliphatic carbocycles. The van der Waals surface area contributed by atoms with Gasteiger partial charge in [-0.3, -0.25) is 0 Å². The number of rotatable bonds is 7. The van der Waals surface area contributed by atoms with Crippen molar-refractivity contribution < 1.29 is 13.2 Å². The van der Waals surface area contributed by atoms with Gasteiger partial charge in [0.2, 0.25) is 10.0 Å². The number of benzene rings is 2. The topological polar surface area (TPSA) is 46.6 Å². The Labute approximate surface area is 153 Å². The zero-order chi connectivity index (χ0) is 16.9. The highest BCUT2D eigenvalue weighted by Crippen LogP contribution is 2.27. The molecule has 0 amide bonds. The number of sulfonamides is 1. The Kier molecular flexibility index (Phi) is 6.64. The van der Waals surface area contributed by atoms with Crippen molar-refractivity contribution in [2.45, 2.75) is 11.3 Å². The van der Waals surface area contributed by atoms with Crippen LogP contribution in [0, 0.1) is 0 Å². The summed E-state index contributed by atoms with van der Waals surface area (Å²) in [6, 6.07) is 14.6. The van der Waals surface area contributed by atoms with E-state index in [2.05, 4.69) is 31.9 Å². The zero-order valence-electron chi connectivity index (χ0n) is 12.6. The molecule has 0 aromatic heterocycles. The number of nitrogens with zero attached hydrogens (tertiary/aromatic N) is 1. The Morgan fingerprint density at radius 1 is 1.09 bits per heavy atom. The molecule has 0 spiro atoms. The summed E-state index contributed by atoms with van der Waals surface area (Å²) in [5.41, 5.74) is 0. The fourth-order valence-corrected chi connectivity index (χ4v) is 4.63. The minimum atomic E-state index is -3.54. The molecule has 0 aliphatic rings. The van der Waals surface area contributed by atoms with E-state index in [1.54, 1.807) is 25.2 Å². The van der Waals surface area contributed by atoms with Gasteiger partial charge < -0.3 is 4.74 Å². The van der Waals surface area contributed by atoms with Crippen molar-refractivity contribution in [1.29, 1.82) is 0 Å². The van der Waals surface area contributed by atoms with Crippen LogP contribution in [0.1, 0.15) is 6.42 Å². The van der Waals surface area contributed by atoms with Gasteiger partial charge in [-0.2, -0.15) is 0 Å². The van der Waals surface area contributed by atoms with Gasteiger partial charge in [-0.15, -0.1) is 0 Å². The highest BCUT2D eigenvalue weighted by molar-refractivity contribution is 9.11. The average Bonchev–Trinajstić information content (AvgIpc) is 2.54. The molecule has 0 saturated carbocycles. The lowest BCUT2D eigenvalue weighted by Crippen LogP contribution is -2.29. The summed E-state index contributed by atoms with van der Waals surface area (Å²) in [6.07, 6.45) is 0.607. The van der Waals surface area contributed by atoms with E-state index in [1.807, 2.05) is 30.3 Å². The third kappa shape index (κ3) is 5.04. The SMILES string of the molecule is CN(CCCOc1ccccc1)S(=O)(=O)c1cc(Br)ccc1Br. The molecule has 4 nitrogen and oxygen atoms in total. The minimum absolute atomic E-state index is 0.248. The van der Waals surface area contributed by atoms with Gasteiger partial charge in [-0.05, 0) is 52.7 Å². The first kappa shape index (κ1) is 18.4. The predicted molar refractivity (Wildman–Crippen MR) is 98.2 cm³/mol. The van der Waals surface area contributed by atoms with Crippen molar-refractivity contribution in [3.05, 3.63) is 57.5 Å². The summed E-state index contributed by atoms with van der Waals surface area (Å²) in [6.45, 7) is 0.845. The first-order valence-electron chi connectivity index (χ1n) is 7.00. The van der Waals surface area contributed by atoms with Crippen molar-refractivity contribution in [3.63, 3.8) is 0 Å². The molecule has 0 saturated heterocycles. The fraction of sp³-hybridized carbons (Fsp3) is 0.250. The Hall–Kier alpha value is -0.890. The van der Waals surface area contributed by atoms with Gasteiger partial charge in [0.1, 0.15) is 5.75 Å². The van der Waals surface area contributed by atoms with Crippen molar-refractivity contribution in [1.82, 2.24) is 4.31 Å². The monoisotopic (exact) mass is 461 g/mol. The van der Waals surface area contributed by atoms with Crippen LogP contribution in [-0.4, -0.2) is 32.9 Å². The third-order valence-electron chi connectivity index (χ3n) is 3.21. The summed E-state index contributed by atoms with van der Waals surface area (Å²) >= 11 is 6.60. The maximum Gasteiger partial charge on any atom is 0.243 e. The maximum atomic E-state index is 12.6. The Morgan fingerprint density at radius 2 is 1.78 bits per heavy atom. The largest absolute Gasteiger partial charge is 0.494 e. The van der Waals surface area contributed by atoms with Crippen molar-refractivity contribution >= 4 is 41.9 Å². The number of hydrogen-bond acceptors (Lipinski definition) is 3. The molecular formula is C16H17Br2NO3S. The van der Waals surface area contributed by atoms with E-state index < -0.39 is 10.0 Å². The first-order valence-corrected chi connectivity index (χ1v) is 10.0. The number of hydrogen-bond donors (Lipinski definition) is 0. The fourth-order valence-electron chi connectivity index (χ4n) is 1.96. The second-order valence-electron chi connectivity index (χ2n) is 4.92. The molecule has 2 rings (SSSR count). The predicted octanol–water partition coefficient (Wildman–Crippen LogP) is 4.30. The molecule has 0 atom stereocenters. The van der Waals surface area contributed by atoms with Crippen LogP contribution in [0.2, 0.25) is 0 Å². The highest BCUT2D eigenvalue weighted by atomic mass is 79.9. The van der Waals surface area contributed by atoms with Crippen LogP contribution < -0.4 is 4.74 Å². The Bertz CT molecular complexity index is 751. The molecule has 0 unspecified atom stereocenters. The Morgan fingerprint density at radius 3 is 2.48 bits per heavy atom. The Balaban J connectivity index is 1.94. The molecule has 0 radical (unpaired) electrons. The van der Waals surface area contributed by atoms with Gasteiger partial charge in [0, 0.05) is 22.5 Å². The van der Waals surface area contributed by atoms with Gasteiger partial charge in [-0.25, -0.2) is 12.7 Å². The minimum Gasteiger partial charge on any atom is -0.494 e. The van der Waals surface area contributed by atoms with E-state index in [-0.39, 0.29) is 4.90 Å². The van der Waals surface area contributed by atoms with Crippen LogP contribution in [0.3, 0.4) is 0 Å². The second kappa shape index (κ2) is 8.28. The van der Waals surface area contributed by atoms with Gasteiger partial charge >= 0.3 is 0 Å². The van der Waals surface area contributed by atoms with E-state index in [0.29, 0.717) is 24.0 Å². The standard InChI is InChI=1S/C16H17Br2NO3S/c1-19(10-5-11-22-14-6-3-2-4-7-14)23(20,21)16-12-13(17)8-9-15(16)18/h2-4,6-9,12H,5,10-11H2,1H3. The molecule has 7 heteroatoms. The quantitative estimate of drug-likeness (QED) is 0.576. The molecule has 0 heterocycles. The normalized spacial score (nSPS) is 11.7. The molecule has 124 valence electrons. The van der Waals surface area contributed by atoms with Crippen molar-refractivity contribution in [2.24, 2.45) is 0 Å². The highest BCUT2D eigenvalue weighted by Gasteiger charge is 2.23. The lowest BCUT2D eigenvalue weighted by Gasteiger charge is -2.18. The smallest absolute Gasteiger partial charge is 0.243 e. The van der Waals surface area contributed by atoms with Crippen molar-refractivity contribution in [3.8, 4) is 5.75 Å². The lowest BCUT2D eigenvalue weighted by molar-refractivity contribution is 0.296. The van der Waals surface area contributed by atoms with Crippen LogP contribution in [-0.2, 0) is 10.0 Å². The molecule has 0 fully saturated rings. The first-order chi connectivity index (χ1) is 10.9. The molecular weight excluding hydrogens is 446 g/mol. The molecule has 0 aliphatic heterocycles. The number of halogens is 2. The van der Waals surface area contributed by atoms with Gasteiger partial charge in [0.25, 0.3) is 0 Å². The van der Waals surface area contributed by atoms with Crippen LogP contribution in [0.25, 0.3) is 0 Å². The summed E-state index contributed by atoms with van der Waals surface area (Å²) in [5, 5.41) is 0. The summed E-state index contributed by atoms with van der Waals surface area (Å²) in [7, 11) is -1.96. The lowest BCUT2D eigenvalue weighted by atomic mass is 10.3. The van der Waals surface area contributed by atoms with Crippen LogP contribution in [0.15, 0.2) is 62.4 Å². The van der Waals surface area contributed by atoms with E-state index in [9.17, 15) is 8.42 Å². The number of ether oxygens (including phenoxy) is 1. The maximum absolute atomic E-state index is 12.6. The summed E-state index contributed by atoms with van der Waals surface area (Å²) in [5.74, 6) is 0.785. The van der Waals surface area contributed by atoms with Gasteiger partial charge in [0.15, 0.2) is 0 Å². The summed E-state index contributed by atoms with van der Waals surface area (Å²) < 4.78 is 33.4. The molecule has 23 heavy (non-hydrogen) atoms. The molecule has 0 bridgehead atoms.